The van der Waals surface area contributed by atoms with Crippen LogP contribution in [0.3, 0.4) is 0 Å². The van der Waals surface area contributed by atoms with E-state index in [0.29, 0.717) is 17.5 Å². The van der Waals surface area contributed by atoms with E-state index in [9.17, 15) is 4.79 Å². The summed E-state index contributed by atoms with van der Waals surface area (Å²) in [4.78, 5) is 11.9. The molecule has 5 heteroatoms. The fourth-order valence-electron chi connectivity index (χ4n) is 3.26. The van der Waals surface area contributed by atoms with Gasteiger partial charge in [-0.15, -0.1) is 0 Å². The van der Waals surface area contributed by atoms with E-state index in [4.69, 9.17) is 15.6 Å². The van der Waals surface area contributed by atoms with Crippen LogP contribution in [0.15, 0.2) is 42.5 Å². The molecule has 0 spiro atoms. The van der Waals surface area contributed by atoms with Gasteiger partial charge < -0.3 is 10.5 Å². The summed E-state index contributed by atoms with van der Waals surface area (Å²) < 4.78 is 7.46. The third-order valence-corrected chi connectivity index (χ3v) is 4.55. The minimum Gasteiger partial charge on any atom is -0.407 e. The van der Waals surface area contributed by atoms with Crippen molar-refractivity contribution in [3.8, 4) is 22.7 Å². The number of aromatic nitrogens is 2. The highest BCUT2D eigenvalue weighted by Gasteiger charge is 2.24. The molecule has 28 heavy (non-hydrogen) atoms. The predicted molar refractivity (Wildman–Crippen MR) is 113 cm³/mol. The van der Waals surface area contributed by atoms with Crippen molar-refractivity contribution in [2.24, 2.45) is 5.92 Å². The molecule has 5 nitrogen and oxygen atoms in total. The number of ether oxygens (including phenoxy) is 1. The van der Waals surface area contributed by atoms with Crippen molar-refractivity contribution in [2.45, 2.75) is 41.0 Å². The second-order valence-electron chi connectivity index (χ2n) is 7.64. The van der Waals surface area contributed by atoms with Crippen LogP contribution in [0.2, 0.25) is 0 Å². The fraction of sp³-hybridized carbons (Fsp3) is 0.304. The van der Waals surface area contributed by atoms with Gasteiger partial charge in [0.15, 0.2) is 0 Å². The van der Waals surface area contributed by atoms with Crippen LogP contribution < -0.4 is 10.5 Å². The molecule has 0 aliphatic carbocycles. The molecule has 146 valence electrons. The van der Waals surface area contributed by atoms with Crippen molar-refractivity contribution < 1.29 is 9.53 Å². The molecule has 0 saturated heterocycles. The van der Waals surface area contributed by atoms with Crippen LogP contribution in [0, 0.1) is 19.8 Å². The van der Waals surface area contributed by atoms with Gasteiger partial charge in [-0.05, 0) is 61.1 Å². The number of nitrogen functional groups attached to an aromatic ring is 1. The van der Waals surface area contributed by atoms with Gasteiger partial charge in [0, 0.05) is 12.6 Å². The molecule has 0 saturated carbocycles. The van der Waals surface area contributed by atoms with Crippen LogP contribution in [0.1, 0.15) is 37.6 Å². The Hall–Kier alpha value is -3.08. The molecule has 3 rings (SSSR count). The molecule has 2 N–H and O–H groups in total. The highest BCUT2D eigenvalue weighted by molar-refractivity contribution is 5.78. The lowest BCUT2D eigenvalue weighted by Crippen LogP contribution is -2.09. The van der Waals surface area contributed by atoms with Gasteiger partial charge >= 0.3 is 5.97 Å². The van der Waals surface area contributed by atoms with Crippen LogP contribution in [-0.2, 0) is 11.2 Å². The van der Waals surface area contributed by atoms with Crippen molar-refractivity contribution in [3.63, 3.8) is 0 Å². The number of carbonyl (C=O) groups excluding carboxylic acids is 1. The van der Waals surface area contributed by atoms with E-state index < -0.39 is 0 Å². The largest absolute Gasteiger partial charge is 0.407 e. The smallest absolute Gasteiger partial charge is 0.309 e. The number of anilines is 1. The van der Waals surface area contributed by atoms with Gasteiger partial charge in [-0.1, -0.05) is 38.1 Å². The molecule has 0 unspecified atom stereocenters. The van der Waals surface area contributed by atoms with Crippen molar-refractivity contribution in [1.82, 2.24) is 9.78 Å². The lowest BCUT2D eigenvalue weighted by atomic mass is 9.99. The lowest BCUT2D eigenvalue weighted by molar-refractivity contribution is -0.132. The second kappa shape index (κ2) is 7.89. The topological polar surface area (TPSA) is 70.1 Å². The first-order chi connectivity index (χ1) is 13.3. The molecular formula is C23H27N3O2. The molecule has 0 fully saturated rings. The Morgan fingerprint density at radius 3 is 2.43 bits per heavy atom. The number of hydrogen-bond donors (Lipinski definition) is 1. The Balaban J connectivity index is 2.31. The number of aryl methyl sites for hydroxylation is 2. The highest BCUT2D eigenvalue weighted by atomic mass is 16.5. The van der Waals surface area contributed by atoms with E-state index >= 15 is 0 Å². The van der Waals surface area contributed by atoms with Gasteiger partial charge in [0.2, 0.25) is 5.88 Å². The van der Waals surface area contributed by atoms with Gasteiger partial charge in [-0.3, -0.25) is 4.79 Å². The van der Waals surface area contributed by atoms with Crippen LogP contribution in [0.4, 0.5) is 5.69 Å². The molecule has 2 aromatic carbocycles. The third-order valence-electron chi connectivity index (χ3n) is 4.55. The highest BCUT2D eigenvalue weighted by Crippen LogP contribution is 2.38. The molecule has 0 radical (unpaired) electrons. The quantitative estimate of drug-likeness (QED) is 0.509. The first kappa shape index (κ1) is 19.7. The lowest BCUT2D eigenvalue weighted by Gasteiger charge is -2.12. The van der Waals surface area contributed by atoms with Gasteiger partial charge in [0.25, 0.3) is 0 Å². The Kier molecular flexibility index (Phi) is 5.54. The third kappa shape index (κ3) is 4.09. The van der Waals surface area contributed by atoms with E-state index in [1.165, 1.54) is 6.92 Å². The maximum atomic E-state index is 11.9. The zero-order valence-corrected chi connectivity index (χ0v) is 17.1. The molecular weight excluding hydrogens is 350 g/mol. The van der Waals surface area contributed by atoms with E-state index in [2.05, 4.69) is 32.0 Å². The van der Waals surface area contributed by atoms with Crippen molar-refractivity contribution >= 4 is 11.7 Å². The molecule has 0 atom stereocenters. The SMILES string of the molecule is CC(=O)Oc1c(-c2ccc(N)cc2)c(CC(C)C)nn1-c1cc(C)ccc1C. The number of nitrogens with two attached hydrogens (primary N) is 1. The van der Waals surface area contributed by atoms with Crippen molar-refractivity contribution in [1.29, 1.82) is 0 Å². The number of rotatable bonds is 5. The minimum absolute atomic E-state index is 0.376. The first-order valence-electron chi connectivity index (χ1n) is 9.50. The Bertz CT molecular complexity index is 1000. The zero-order valence-electron chi connectivity index (χ0n) is 17.1. The van der Waals surface area contributed by atoms with Gasteiger partial charge in [0.1, 0.15) is 0 Å². The normalized spacial score (nSPS) is 11.1. The Morgan fingerprint density at radius 1 is 1.14 bits per heavy atom. The summed E-state index contributed by atoms with van der Waals surface area (Å²) >= 11 is 0. The molecule has 0 bridgehead atoms. The van der Waals surface area contributed by atoms with Crippen LogP contribution in [-0.4, -0.2) is 15.7 Å². The molecule has 0 amide bonds. The summed E-state index contributed by atoms with van der Waals surface area (Å²) in [7, 11) is 0. The zero-order chi connectivity index (χ0) is 20.4. The van der Waals surface area contributed by atoms with Crippen LogP contribution in [0.5, 0.6) is 5.88 Å². The van der Waals surface area contributed by atoms with Gasteiger partial charge in [0.05, 0.1) is 16.9 Å². The van der Waals surface area contributed by atoms with Gasteiger partial charge in [-0.2, -0.15) is 9.78 Å². The molecule has 1 heterocycles. The summed E-state index contributed by atoms with van der Waals surface area (Å²) in [6.45, 7) is 9.77. The molecule has 0 aliphatic rings. The Labute approximate surface area is 166 Å². The van der Waals surface area contributed by atoms with Crippen molar-refractivity contribution in [3.05, 3.63) is 59.3 Å². The summed E-state index contributed by atoms with van der Waals surface area (Å²) in [5.74, 6) is 0.473. The predicted octanol–water partition coefficient (Wildman–Crippen LogP) is 4.86. The van der Waals surface area contributed by atoms with E-state index in [-0.39, 0.29) is 5.97 Å². The average molecular weight is 377 g/mol. The van der Waals surface area contributed by atoms with Crippen molar-refractivity contribution in [2.75, 3.05) is 5.73 Å². The molecule has 3 aromatic rings. The maximum absolute atomic E-state index is 11.9. The summed E-state index contributed by atoms with van der Waals surface area (Å²) in [6.07, 6.45) is 0.770. The van der Waals surface area contributed by atoms with E-state index in [1.807, 2.05) is 38.1 Å². The summed E-state index contributed by atoms with van der Waals surface area (Å²) in [6, 6.07) is 13.7. The fourth-order valence-corrected chi connectivity index (χ4v) is 3.26. The average Bonchev–Trinajstić information content (AvgIpc) is 2.94. The minimum atomic E-state index is -0.376. The first-order valence-corrected chi connectivity index (χ1v) is 9.50. The van der Waals surface area contributed by atoms with E-state index in [0.717, 1.165) is 40.1 Å². The number of nitrogens with zero attached hydrogens (tertiary/aromatic N) is 2. The monoisotopic (exact) mass is 377 g/mol. The molecule has 1 aromatic heterocycles. The number of esters is 1. The number of hydrogen-bond acceptors (Lipinski definition) is 4. The second-order valence-corrected chi connectivity index (χ2v) is 7.64. The van der Waals surface area contributed by atoms with Gasteiger partial charge in [-0.25, -0.2) is 0 Å². The van der Waals surface area contributed by atoms with E-state index in [1.54, 1.807) is 4.68 Å². The summed E-state index contributed by atoms with van der Waals surface area (Å²) in [5.41, 5.74) is 12.3. The standard InChI is InChI=1S/C23H27N3O2/c1-14(2)12-20-22(18-8-10-19(24)11-9-18)23(28-17(5)27)26(25-20)21-13-15(3)6-7-16(21)4/h6-11,13-14H,12,24H2,1-5H3. The summed E-state index contributed by atoms with van der Waals surface area (Å²) in [5, 5.41) is 4.88. The maximum Gasteiger partial charge on any atom is 0.309 e. The molecule has 0 aliphatic heterocycles. The van der Waals surface area contributed by atoms with Crippen LogP contribution >= 0.6 is 0 Å². The number of benzene rings is 2. The van der Waals surface area contributed by atoms with Crippen LogP contribution in [0.25, 0.3) is 16.8 Å². The number of carbonyl (C=O) groups is 1. The Morgan fingerprint density at radius 2 is 1.82 bits per heavy atom.